The number of halogens is 1. The van der Waals surface area contributed by atoms with Crippen LogP contribution in [0.5, 0.6) is 0 Å². The molecule has 1 fully saturated rings. The lowest BCUT2D eigenvalue weighted by molar-refractivity contribution is -0.122. The van der Waals surface area contributed by atoms with E-state index in [2.05, 4.69) is 5.32 Å². The molecule has 2 aromatic carbocycles. The van der Waals surface area contributed by atoms with E-state index in [0.717, 1.165) is 28.6 Å². The van der Waals surface area contributed by atoms with Crippen LogP contribution in [0.3, 0.4) is 0 Å². The number of benzene rings is 2. The number of hydrogen-bond donors (Lipinski definition) is 1. The molecule has 3 rings (SSSR count). The molecule has 2 aromatic rings. The van der Waals surface area contributed by atoms with Crippen molar-refractivity contribution >= 4 is 46.3 Å². The van der Waals surface area contributed by atoms with Crippen LogP contribution < -0.4 is 5.32 Å². The minimum atomic E-state index is -0.301. The summed E-state index contributed by atoms with van der Waals surface area (Å²) in [6.07, 6.45) is 5.34. The maximum atomic E-state index is 12.4. The van der Waals surface area contributed by atoms with E-state index in [1.807, 2.05) is 55.5 Å². The van der Waals surface area contributed by atoms with Gasteiger partial charge in [0.15, 0.2) is 0 Å². The van der Waals surface area contributed by atoms with Gasteiger partial charge in [0.2, 0.25) is 0 Å². The van der Waals surface area contributed by atoms with Gasteiger partial charge in [0, 0.05) is 10.7 Å². The summed E-state index contributed by atoms with van der Waals surface area (Å²) in [6.45, 7) is 1.98. The lowest BCUT2D eigenvalue weighted by atomic mass is 10.2. The lowest BCUT2D eigenvalue weighted by Gasteiger charge is -2.16. The first kappa shape index (κ1) is 18.3. The van der Waals surface area contributed by atoms with Crippen molar-refractivity contribution in [3.8, 4) is 0 Å². The predicted octanol–water partition coefficient (Wildman–Crippen LogP) is 5.31. The zero-order valence-corrected chi connectivity index (χ0v) is 15.7. The van der Waals surface area contributed by atoms with Gasteiger partial charge in [0.25, 0.3) is 11.1 Å². The monoisotopic (exact) mass is 384 g/mol. The van der Waals surface area contributed by atoms with Gasteiger partial charge in [-0.1, -0.05) is 60.2 Å². The summed E-state index contributed by atoms with van der Waals surface area (Å²) in [4.78, 5) is 26.2. The predicted molar refractivity (Wildman–Crippen MR) is 108 cm³/mol. The second kappa shape index (κ2) is 8.25. The van der Waals surface area contributed by atoms with Crippen LogP contribution in [-0.4, -0.2) is 22.7 Å². The van der Waals surface area contributed by atoms with Crippen molar-refractivity contribution in [1.29, 1.82) is 0 Å². The average Bonchev–Trinajstić information content (AvgIpc) is 2.91. The summed E-state index contributed by atoms with van der Waals surface area (Å²) >= 11 is 7.03. The third-order valence-corrected chi connectivity index (χ3v) is 5.24. The summed E-state index contributed by atoms with van der Waals surface area (Å²) in [5.41, 5.74) is 2.70. The zero-order valence-electron chi connectivity index (χ0n) is 14.1. The van der Waals surface area contributed by atoms with Crippen molar-refractivity contribution in [2.45, 2.75) is 6.92 Å². The third-order valence-electron chi connectivity index (χ3n) is 3.90. The topological polar surface area (TPSA) is 49.4 Å². The van der Waals surface area contributed by atoms with Crippen molar-refractivity contribution in [1.82, 2.24) is 4.90 Å². The summed E-state index contributed by atoms with van der Waals surface area (Å²) in [6, 6.07) is 15.2. The Hall–Kier alpha value is -2.50. The molecule has 4 nitrogen and oxygen atoms in total. The van der Waals surface area contributed by atoms with Crippen LogP contribution in [0.4, 0.5) is 10.5 Å². The van der Waals surface area contributed by atoms with E-state index in [4.69, 9.17) is 11.6 Å². The number of nitrogens with one attached hydrogen (secondary N) is 1. The van der Waals surface area contributed by atoms with Crippen molar-refractivity contribution < 1.29 is 9.59 Å². The van der Waals surface area contributed by atoms with E-state index < -0.39 is 0 Å². The molecule has 0 aromatic heterocycles. The van der Waals surface area contributed by atoms with Crippen LogP contribution in [0, 0.1) is 6.92 Å². The molecule has 0 unspecified atom stereocenters. The highest BCUT2D eigenvalue weighted by atomic mass is 35.5. The van der Waals surface area contributed by atoms with Gasteiger partial charge in [-0.25, -0.2) is 0 Å². The Morgan fingerprint density at radius 3 is 2.65 bits per heavy atom. The third kappa shape index (κ3) is 4.18. The van der Waals surface area contributed by atoms with E-state index in [0.29, 0.717) is 9.93 Å². The smallest absolute Gasteiger partial charge is 0.295 e. The Morgan fingerprint density at radius 1 is 1.12 bits per heavy atom. The first-order chi connectivity index (χ1) is 12.6. The molecule has 1 aliphatic rings. The summed E-state index contributed by atoms with van der Waals surface area (Å²) in [5, 5.41) is 3.44. The standard InChI is InChI=1S/C20H17ClN2O2S/c1-14-16(21)10-6-11-17(14)22-13-23-19(24)18(26-20(23)25)12-5-9-15-7-3-2-4-8-15/h2-12,22H,13H2,1H3/b9-5+,18-12+. The Bertz CT molecular complexity index is 894. The Balaban J connectivity index is 1.66. The molecule has 0 radical (unpaired) electrons. The van der Waals surface area contributed by atoms with Gasteiger partial charge in [0.05, 0.1) is 11.6 Å². The molecule has 0 spiro atoms. The van der Waals surface area contributed by atoms with Gasteiger partial charge in [-0.05, 0) is 48.0 Å². The normalized spacial score (nSPS) is 16.1. The second-order valence-electron chi connectivity index (χ2n) is 5.65. The zero-order chi connectivity index (χ0) is 18.5. The quantitative estimate of drug-likeness (QED) is 0.709. The minimum absolute atomic E-state index is 0.103. The largest absolute Gasteiger partial charge is 0.367 e. The number of hydrogen-bond acceptors (Lipinski definition) is 4. The minimum Gasteiger partial charge on any atom is -0.367 e. The van der Waals surface area contributed by atoms with E-state index >= 15 is 0 Å². The number of amides is 2. The fraction of sp³-hybridized carbons (Fsp3) is 0.100. The fourth-order valence-corrected chi connectivity index (χ4v) is 3.39. The van der Waals surface area contributed by atoms with Crippen LogP contribution in [-0.2, 0) is 4.79 Å². The number of nitrogens with zero attached hydrogens (tertiary/aromatic N) is 1. The molecule has 6 heteroatoms. The molecule has 132 valence electrons. The summed E-state index contributed by atoms with van der Waals surface area (Å²) in [5.74, 6) is -0.301. The number of carbonyl (C=O) groups is 2. The van der Waals surface area contributed by atoms with Gasteiger partial charge < -0.3 is 5.32 Å². The maximum Gasteiger partial charge on any atom is 0.295 e. The molecule has 1 aliphatic heterocycles. The molecule has 0 aliphatic carbocycles. The number of anilines is 1. The molecule has 0 bridgehead atoms. The van der Waals surface area contributed by atoms with E-state index in [-0.39, 0.29) is 17.8 Å². The van der Waals surface area contributed by atoms with Gasteiger partial charge >= 0.3 is 0 Å². The van der Waals surface area contributed by atoms with Crippen molar-refractivity contribution in [2.75, 3.05) is 12.0 Å². The highest BCUT2D eigenvalue weighted by molar-refractivity contribution is 8.18. The molecule has 1 heterocycles. The Labute approximate surface area is 161 Å². The first-order valence-electron chi connectivity index (χ1n) is 8.02. The van der Waals surface area contributed by atoms with Crippen LogP contribution in [0.25, 0.3) is 6.08 Å². The van der Waals surface area contributed by atoms with Gasteiger partial charge in [0.1, 0.15) is 0 Å². The van der Waals surface area contributed by atoms with Crippen LogP contribution in [0.1, 0.15) is 11.1 Å². The van der Waals surface area contributed by atoms with Crippen LogP contribution in [0.15, 0.2) is 65.6 Å². The number of allylic oxidation sites excluding steroid dienone is 2. The lowest BCUT2D eigenvalue weighted by Crippen LogP contribution is -2.33. The molecule has 2 amide bonds. The van der Waals surface area contributed by atoms with Crippen molar-refractivity contribution in [2.24, 2.45) is 0 Å². The molecular formula is C20H17ClN2O2S. The molecular weight excluding hydrogens is 368 g/mol. The molecule has 26 heavy (non-hydrogen) atoms. The Kier molecular flexibility index (Phi) is 5.81. The highest BCUT2D eigenvalue weighted by Gasteiger charge is 2.34. The molecule has 0 saturated carbocycles. The van der Waals surface area contributed by atoms with Gasteiger partial charge in [-0.2, -0.15) is 0 Å². The van der Waals surface area contributed by atoms with Crippen molar-refractivity contribution in [3.63, 3.8) is 0 Å². The Morgan fingerprint density at radius 2 is 1.88 bits per heavy atom. The SMILES string of the molecule is Cc1c(Cl)cccc1NCN1C(=O)S/C(=C/C=C/c2ccccc2)C1=O. The highest BCUT2D eigenvalue weighted by Crippen LogP contribution is 2.31. The van der Waals surface area contributed by atoms with Crippen molar-refractivity contribution in [3.05, 3.63) is 81.7 Å². The number of carbonyl (C=O) groups excluding carboxylic acids is 2. The fourth-order valence-electron chi connectivity index (χ4n) is 2.42. The molecule has 0 atom stereocenters. The van der Waals surface area contributed by atoms with E-state index in [1.165, 1.54) is 4.90 Å². The maximum absolute atomic E-state index is 12.4. The molecule has 1 saturated heterocycles. The second-order valence-corrected chi connectivity index (χ2v) is 7.05. The number of imide groups is 1. The first-order valence-corrected chi connectivity index (χ1v) is 9.22. The number of rotatable bonds is 5. The van der Waals surface area contributed by atoms with Gasteiger partial charge in [-0.15, -0.1) is 0 Å². The van der Waals surface area contributed by atoms with Gasteiger partial charge in [-0.3, -0.25) is 14.5 Å². The van der Waals surface area contributed by atoms with E-state index in [1.54, 1.807) is 18.2 Å². The summed E-state index contributed by atoms with van der Waals surface area (Å²) in [7, 11) is 0. The van der Waals surface area contributed by atoms with Crippen LogP contribution in [0.2, 0.25) is 5.02 Å². The summed E-state index contributed by atoms with van der Waals surface area (Å²) < 4.78 is 0. The molecule has 1 N–H and O–H groups in total. The van der Waals surface area contributed by atoms with Crippen LogP contribution >= 0.6 is 23.4 Å². The number of thioether (sulfide) groups is 1. The van der Waals surface area contributed by atoms with E-state index in [9.17, 15) is 9.59 Å². The average molecular weight is 385 g/mol.